The number of hydrogen-bond donors (Lipinski definition) is 3. The Kier molecular flexibility index (Phi) is 3.85. The highest BCUT2D eigenvalue weighted by atomic mass is 15.4. The Hall–Kier alpha value is -2.19. The second kappa shape index (κ2) is 6.03. The van der Waals surface area contributed by atoms with Crippen LogP contribution in [0.3, 0.4) is 0 Å². The number of aromatic nitrogens is 3. The zero-order valence-electron chi connectivity index (χ0n) is 13.9. The van der Waals surface area contributed by atoms with Crippen LogP contribution in [0.2, 0.25) is 0 Å². The number of anilines is 1. The number of nitrogens with zero attached hydrogens (tertiary/aromatic N) is 5. The highest BCUT2D eigenvalue weighted by molar-refractivity contribution is 5.74. The van der Waals surface area contributed by atoms with Crippen molar-refractivity contribution >= 4 is 17.7 Å². The van der Waals surface area contributed by atoms with Crippen LogP contribution in [0.4, 0.5) is 5.82 Å². The fourth-order valence-electron chi connectivity index (χ4n) is 3.61. The molecule has 24 heavy (non-hydrogen) atoms. The van der Waals surface area contributed by atoms with Crippen molar-refractivity contribution in [2.24, 2.45) is 10.8 Å². The molecule has 1 fully saturated rings. The molecule has 2 aromatic heterocycles. The second-order valence-corrected chi connectivity index (χ2v) is 6.77. The number of nitrogens with two attached hydrogens (primary N) is 2. The first-order valence-corrected chi connectivity index (χ1v) is 8.48. The Bertz CT molecular complexity index is 759. The number of nitrogens with one attached hydrogen (secondary N) is 1. The molecule has 8 heteroatoms. The van der Waals surface area contributed by atoms with Crippen LogP contribution < -0.4 is 16.8 Å². The molecule has 0 spiro atoms. The molecule has 2 unspecified atom stereocenters. The second-order valence-electron chi connectivity index (χ2n) is 6.77. The molecular weight excluding hydrogens is 304 g/mol. The molecule has 8 nitrogen and oxygen atoms in total. The highest BCUT2D eigenvalue weighted by Crippen LogP contribution is 2.29. The van der Waals surface area contributed by atoms with Crippen LogP contribution in [0.1, 0.15) is 35.9 Å². The summed E-state index contributed by atoms with van der Waals surface area (Å²) in [6.07, 6.45) is 5.96. The topological polar surface area (TPSA) is 110 Å². The summed E-state index contributed by atoms with van der Waals surface area (Å²) in [5, 5.41) is 14.2. The van der Waals surface area contributed by atoms with Crippen LogP contribution in [-0.2, 0) is 0 Å². The van der Waals surface area contributed by atoms with Gasteiger partial charge in [0.2, 0.25) is 0 Å². The van der Waals surface area contributed by atoms with E-state index in [0.29, 0.717) is 24.3 Å². The fourth-order valence-corrected chi connectivity index (χ4v) is 3.61. The van der Waals surface area contributed by atoms with E-state index < -0.39 is 0 Å². The van der Waals surface area contributed by atoms with Crippen molar-refractivity contribution in [3.05, 3.63) is 23.5 Å². The van der Waals surface area contributed by atoms with E-state index in [4.69, 9.17) is 16.5 Å². The summed E-state index contributed by atoms with van der Waals surface area (Å²) in [5.41, 5.74) is 14.9. The number of fused-ring (bicyclic) bond motifs is 1. The zero-order chi connectivity index (χ0) is 16.7. The largest absolute Gasteiger partial charge is 0.384 e. The molecule has 0 radical (unpaired) electrons. The van der Waals surface area contributed by atoms with Gasteiger partial charge in [-0.15, -0.1) is 0 Å². The molecule has 1 saturated heterocycles. The number of likely N-dealkylation sites (N-methyl/N-ethyl adjacent to an activating group) is 1. The monoisotopic (exact) mass is 328 g/mol. The SMILES string of the molecule is CN1CC(c2cnn3c(N)cc(C4CC[C@@H](CN)NC4)nc23)C=N1. The van der Waals surface area contributed by atoms with Gasteiger partial charge in [0.1, 0.15) is 5.82 Å². The summed E-state index contributed by atoms with van der Waals surface area (Å²) in [6.45, 7) is 2.42. The van der Waals surface area contributed by atoms with E-state index in [1.54, 1.807) is 4.52 Å². The van der Waals surface area contributed by atoms with Gasteiger partial charge in [-0.1, -0.05) is 0 Å². The maximum absolute atomic E-state index is 6.23. The summed E-state index contributed by atoms with van der Waals surface area (Å²) in [5.74, 6) is 1.20. The van der Waals surface area contributed by atoms with Gasteiger partial charge in [0, 0.05) is 62.4 Å². The fraction of sp³-hybridized carbons (Fsp3) is 0.562. The summed E-state index contributed by atoms with van der Waals surface area (Å²) < 4.78 is 1.73. The zero-order valence-corrected chi connectivity index (χ0v) is 13.9. The Balaban J connectivity index is 1.67. The van der Waals surface area contributed by atoms with Crippen LogP contribution in [-0.4, -0.2) is 58.5 Å². The summed E-state index contributed by atoms with van der Waals surface area (Å²) in [6, 6.07) is 2.37. The summed E-state index contributed by atoms with van der Waals surface area (Å²) in [4.78, 5) is 4.91. The average molecular weight is 328 g/mol. The van der Waals surface area contributed by atoms with Crippen molar-refractivity contribution in [2.45, 2.75) is 30.7 Å². The Morgan fingerprint density at radius 2 is 2.25 bits per heavy atom. The molecule has 0 aromatic carbocycles. The van der Waals surface area contributed by atoms with E-state index in [-0.39, 0.29) is 5.92 Å². The van der Waals surface area contributed by atoms with Gasteiger partial charge in [-0.05, 0) is 12.8 Å². The average Bonchev–Trinajstić information content (AvgIpc) is 3.21. The lowest BCUT2D eigenvalue weighted by molar-refractivity contribution is 0.367. The van der Waals surface area contributed by atoms with Gasteiger partial charge >= 0.3 is 0 Å². The molecular formula is C16H24N8. The summed E-state index contributed by atoms with van der Waals surface area (Å²) in [7, 11) is 1.97. The molecule has 0 bridgehead atoms. The van der Waals surface area contributed by atoms with Gasteiger partial charge in [-0.2, -0.15) is 14.7 Å². The van der Waals surface area contributed by atoms with Crippen molar-refractivity contribution in [3.8, 4) is 0 Å². The minimum absolute atomic E-state index is 0.209. The van der Waals surface area contributed by atoms with Gasteiger partial charge < -0.3 is 16.8 Å². The molecule has 0 saturated carbocycles. The normalized spacial score (nSPS) is 27.2. The number of hydrogen-bond acceptors (Lipinski definition) is 7. The van der Waals surface area contributed by atoms with Crippen molar-refractivity contribution in [1.29, 1.82) is 0 Å². The van der Waals surface area contributed by atoms with Gasteiger partial charge in [-0.3, -0.25) is 5.01 Å². The predicted molar refractivity (Wildman–Crippen MR) is 94.1 cm³/mol. The third-order valence-electron chi connectivity index (χ3n) is 5.07. The molecule has 4 heterocycles. The number of nitrogen functional groups attached to an aromatic ring is 1. The van der Waals surface area contributed by atoms with Crippen molar-refractivity contribution < 1.29 is 0 Å². The lowest BCUT2D eigenvalue weighted by atomic mass is 9.92. The van der Waals surface area contributed by atoms with Gasteiger partial charge in [0.15, 0.2) is 5.65 Å². The lowest BCUT2D eigenvalue weighted by Gasteiger charge is -2.29. The van der Waals surface area contributed by atoms with Crippen LogP contribution in [0.5, 0.6) is 0 Å². The third kappa shape index (κ3) is 2.61. The molecule has 2 aliphatic rings. The van der Waals surface area contributed by atoms with E-state index in [1.165, 1.54) is 0 Å². The maximum atomic E-state index is 6.23. The van der Waals surface area contributed by atoms with Gasteiger partial charge in [0.25, 0.3) is 0 Å². The number of hydrazone groups is 1. The molecule has 0 amide bonds. The van der Waals surface area contributed by atoms with E-state index in [2.05, 4.69) is 15.5 Å². The minimum Gasteiger partial charge on any atom is -0.384 e. The maximum Gasteiger partial charge on any atom is 0.161 e. The lowest BCUT2D eigenvalue weighted by Crippen LogP contribution is -2.42. The van der Waals surface area contributed by atoms with Crippen LogP contribution in [0.15, 0.2) is 17.4 Å². The molecule has 5 N–H and O–H groups in total. The molecule has 2 aliphatic heterocycles. The Labute approximate surface area is 140 Å². The first kappa shape index (κ1) is 15.3. The molecule has 0 aliphatic carbocycles. The van der Waals surface area contributed by atoms with E-state index >= 15 is 0 Å². The smallest absolute Gasteiger partial charge is 0.161 e. The molecule has 3 atom stereocenters. The van der Waals surface area contributed by atoms with Crippen LogP contribution >= 0.6 is 0 Å². The van der Waals surface area contributed by atoms with E-state index in [0.717, 1.165) is 42.8 Å². The number of rotatable bonds is 3. The molecule has 2 aromatic rings. The Morgan fingerprint density at radius 1 is 1.38 bits per heavy atom. The predicted octanol–water partition coefficient (Wildman–Crippen LogP) is 0.121. The quantitative estimate of drug-likeness (QED) is 0.738. The number of piperidine rings is 1. The minimum atomic E-state index is 0.209. The Morgan fingerprint density at radius 3 is 2.92 bits per heavy atom. The third-order valence-corrected chi connectivity index (χ3v) is 5.07. The molecule has 128 valence electrons. The standard InChI is InChI=1S/C16H24N8/c1-23-9-11(7-20-23)13-8-21-24-15(18)4-14(22-16(13)24)10-2-3-12(5-17)19-6-10/h4,7-8,10-12,19H,2-3,5-6,9,17-18H2,1H3/t10?,11?,12-/m0/s1. The van der Waals surface area contributed by atoms with Crippen LogP contribution in [0, 0.1) is 0 Å². The van der Waals surface area contributed by atoms with Crippen molar-refractivity contribution in [1.82, 2.24) is 24.9 Å². The van der Waals surface area contributed by atoms with Crippen molar-refractivity contribution in [3.63, 3.8) is 0 Å². The summed E-state index contributed by atoms with van der Waals surface area (Å²) >= 11 is 0. The van der Waals surface area contributed by atoms with Gasteiger partial charge in [0.05, 0.1) is 11.9 Å². The molecule has 4 rings (SSSR count). The van der Waals surface area contributed by atoms with Crippen LogP contribution in [0.25, 0.3) is 5.65 Å². The van der Waals surface area contributed by atoms with Gasteiger partial charge in [-0.25, -0.2) is 4.98 Å². The first-order chi connectivity index (χ1) is 11.7. The van der Waals surface area contributed by atoms with E-state index in [1.807, 2.05) is 30.5 Å². The first-order valence-electron chi connectivity index (χ1n) is 8.48. The van der Waals surface area contributed by atoms with E-state index in [9.17, 15) is 0 Å². The highest BCUT2D eigenvalue weighted by Gasteiger charge is 2.26. The van der Waals surface area contributed by atoms with Crippen molar-refractivity contribution in [2.75, 3.05) is 32.4 Å².